The Morgan fingerprint density at radius 1 is 1.28 bits per heavy atom. The van der Waals surface area contributed by atoms with Crippen molar-refractivity contribution in [3.63, 3.8) is 0 Å². The summed E-state index contributed by atoms with van der Waals surface area (Å²) in [4.78, 5) is 30.4. The fourth-order valence-corrected chi connectivity index (χ4v) is 5.69. The number of methoxy groups -OCH3 is 1. The smallest absolute Gasteiger partial charge is 0.319 e. The van der Waals surface area contributed by atoms with Crippen molar-refractivity contribution in [2.24, 2.45) is 5.92 Å². The fourth-order valence-electron chi connectivity index (χ4n) is 4.74. The number of likely N-dealkylation sites (tertiary alicyclic amines) is 1. The monoisotopic (exact) mass is 415 g/mol. The molecule has 0 unspecified atom stereocenters. The molecule has 1 saturated heterocycles. The Morgan fingerprint density at radius 3 is 2.83 bits per heavy atom. The van der Waals surface area contributed by atoms with Gasteiger partial charge in [0, 0.05) is 54.8 Å². The number of likely N-dealkylation sites (N-methyl/N-ethyl adjacent to an activating group) is 1. The van der Waals surface area contributed by atoms with E-state index in [0.717, 1.165) is 31.7 Å². The van der Waals surface area contributed by atoms with Gasteiger partial charge in [0.05, 0.1) is 13.7 Å². The first-order valence-electron chi connectivity index (χ1n) is 10.2. The van der Waals surface area contributed by atoms with Gasteiger partial charge in [0.25, 0.3) is 5.56 Å². The minimum atomic E-state index is -0.291. The molecule has 0 saturated carbocycles. The average Bonchev–Trinajstić information content (AvgIpc) is 3.08. The van der Waals surface area contributed by atoms with Crippen molar-refractivity contribution in [3.8, 4) is 0 Å². The van der Waals surface area contributed by atoms with Gasteiger partial charge in [0.1, 0.15) is 0 Å². The van der Waals surface area contributed by atoms with Gasteiger partial charge >= 0.3 is 5.97 Å². The SMILES string of the molecule is COC(=O)CN(C)Cc1ccc2n(c1=O)C[C@H]1C[C@@H]2CN(Cc2sccc2C)C1. The largest absolute Gasteiger partial charge is 0.468 e. The first-order chi connectivity index (χ1) is 13.9. The standard InChI is InChI=1S/C22H29N3O3S/c1-15-6-7-29-20(15)13-24-9-16-8-18(12-24)19-5-4-17(22(27)25(19)10-16)11-23(2)14-21(26)28-3/h4-7,16,18H,8-14H2,1-3H3/t16-,18+/m0/s1. The molecule has 156 valence electrons. The molecule has 0 aliphatic carbocycles. The van der Waals surface area contributed by atoms with E-state index in [2.05, 4.69) is 29.3 Å². The maximum Gasteiger partial charge on any atom is 0.319 e. The minimum absolute atomic E-state index is 0.0940. The van der Waals surface area contributed by atoms with Crippen molar-refractivity contribution in [1.29, 1.82) is 0 Å². The van der Waals surface area contributed by atoms with Crippen molar-refractivity contribution < 1.29 is 9.53 Å². The molecular weight excluding hydrogens is 386 g/mol. The fraction of sp³-hybridized carbons (Fsp3) is 0.545. The lowest BCUT2D eigenvalue weighted by atomic mass is 9.83. The number of esters is 1. The molecule has 4 rings (SSSR count). The molecule has 2 aliphatic heterocycles. The van der Waals surface area contributed by atoms with Crippen LogP contribution in [0.1, 0.15) is 34.0 Å². The van der Waals surface area contributed by atoms with Gasteiger partial charge in [-0.2, -0.15) is 0 Å². The summed E-state index contributed by atoms with van der Waals surface area (Å²) in [5.41, 5.74) is 3.38. The van der Waals surface area contributed by atoms with Crippen LogP contribution >= 0.6 is 11.3 Å². The molecule has 0 aromatic carbocycles. The molecule has 1 fully saturated rings. The van der Waals surface area contributed by atoms with Gasteiger partial charge in [-0.15, -0.1) is 11.3 Å². The molecule has 2 aliphatic rings. The number of fused-ring (bicyclic) bond motifs is 4. The molecule has 2 atom stereocenters. The predicted octanol–water partition coefficient (Wildman–Crippen LogP) is 2.44. The van der Waals surface area contributed by atoms with Gasteiger partial charge in [-0.3, -0.25) is 19.4 Å². The second-order valence-corrected chi connectivity index (χ2v) is 9.47. The maximum atomic E-state index is 13.1. The topological polar surface area (TPSA) is 54.8 Å². The Labute approximate surface area is 175 Å². The van der Waals surface area contributed by atoms with Gasteiger partial charge in [-0.05, 0) is 49.4 Å². The summed E-state index contributed by atoms with van der Waals surface area (Å²) in [6.07, 6.45) is 1.17. The van der Waals surface area contributed by atoms with Crippen molar-refractivity contribution in [2.45, 2.75) is 38.9 Å². The van der Waals surface area contributed by atoms with E-state index in [4.69, 9.17) is 4.74 Å². The summed E-state index contributed by atoms with van der Waals surface area (Å²) in [5, 5.41) is 2.17. The number of thiophene rings is 1. The number of hydrogen-bond donors (Lipinski definition) is 0. The van der Waals surface area contributed by atoms with E-state index >= 15 is 0 Å². The van der Waals surface area contributed by atoms with E-state index in [1.807, 2.05) is 33.9 Å². The number of nitrogens with zero attached hydrogens (tertiary/aromatic N) is 3. The molecule has 6 nitrogen and oxygen atoms in total. The molecule has 0 radical (unpaired) electrons. The van der Waals surface area contributed by atoms with Crippen LogP contribution in [-0.2, 0) is 29.2 Å². The predicted molar refractivity (Wildman–Crippen MR) is 114 cm³/mol. The van der Waals surface area contributed by atoms with Crippen molar-refractivity contribution in [3.05, 3.63) is 55.6 Å². The summed E-state index contributed by atoms with van der Waals surface area (Å²) < 4.78 is 6.71. The van der Waals surface area contributed by atoms with Crippen LogP contribution in [-0.4, -0.2) is 54.1 Å². The number of rotatable bonds is 6. The average molecular weight is 416 g/mol. The first kappa shape index (κ1) is 20.3. The summed E-state index contributed by atoms with van der Waals surface area (Å²) in [6, 6.07) is 6.27. The summed E-state index contributed by atoms with van der Waals surface area (Å²) in [5.74, 6) is 0.640. The molecule has 0 amide bonds. The zero-order valence-corrected chi connectivity index (χ0v) is 18.2. The normalized spacial score (nSPS) is 21.2. The lowest BCUT2D eigenvalue weighted by molar-refractivity contribution is -0.141. The van der Waals surface area contributed by atoms with Gasteiger partial charge in [0.15, 0.2) is 0 Å². The van der Waals surface area contributed by atoms with Crippen LogP contribution in [0.5, 0.6) is 0 Å². The Balaban J connectivity index is 1.50. The van der Waals surface area contributed by atoms with Gasteiger partial charge in [-0.25, -0.2) is 0 Å². The molecule has 2 aromatic rings. The van der Waals surface area contributed by atoms with Gasteiger partial charge in [-0.1, -0.05) is 6.07 Å². The number of pyridine rings is 1. The van der Waals surface area contributed by atoms with Crippen molar-refractivity contribution in [2.75, 3.05) is 33.8 Å². The number of carbonyl (C=O) groups excluding carboxylic acids is 1. The third-order valence-electron chi connectivity index (χ3n) is 6.16. The number of hydrogen-bond acceptors (Lipinski definition) is 6. The van der Waals surface area contributed by atoms with Crippen molar-refractivity contribution >= 4 is 17.3 Å². The maximum absolute atomic E-state index is 13.1. The molecule has 2 bridgehead atoms. The second-order valence-electron chi connectivity index (χ2n) is 8.47. The number of aromatic nitrogens is 1. The zero-order chi connectivity index (χ0) is 20.5. The van der Waals surface area contributed by atoms with E-state index in [-0.39, 0.29) is 18.1 Å². The van der Waals surface area contributed by atoms with Crippen LogP contribution in [0.3, 0.4) is 0 Å². The van der Waals surface area contributed by atoms with E-state index in [9.17, 15) is 9.59 Å². The number of carbonyl (C=O) groups is 1. The highest BCUT2D eigenvalue weighted by atomic mass is 32.1. The Morgan fingerprint density at radius 2 is 2.10 bits per heavy atom. The van der Waals surface area contributed by atoms with Crippen LogP contribution in [0.4, 0.5) is 0 Å². The Hall–Kier alpha value is -1.96. The van der Waals surface area contributed by atoms with E-state index in [1.165, 1.54) is 29.7 Å². The van der Waals surface area contributed by atoms with Crippen LogP contribution < -0.4 is 5.56 Å². The molecule has 0 spiro atoms. The van der Waals surface area contributed by atoms with E-state index in [0.29, 0.717) is 18.4 Å². The van der Waals surface area contributed by atoms with Gasteiger partial charge < -0.3 is 9.30 Å². The first-order valence-corrected chi connectivity index (χ1v) is 11.1. The van der Waals surface area contributed by atoms with Crippen LogP contribution in [0.15, 0.2) is 28.4 Å². The van der Waals surface area contributed by atoms with Gasteiger partial charge in [0.2, 0.25) is 0 Å². The van der Waals surface area contributed by atoms with Crippen LogP contribution in [0.2, 0.25) is 0 Å². The van der Waals surface area contributed by atoms with E-state index in [1.54, 1.807) is 0 Å². The molecule has 2 aromatic heterocycles. The molecule has 4 heterocycles. The quantitative estimate of drug-likeness (QED) is 0.679. The third-order valence-corrected chi connectivity index (χ3v) is 7.17. The number of piperidine rings is 1. The molecule has 0 N–H and O–H groups in total. The zero-order valence-electron chi connectivity index (χ0n) is 17.4. The summed E-state index contributed by atoms with van der Waals surface area (Å²) >= 11 is 1.84. The highest BCUT2D eigenvalue weighted by Gasteiger charge is 2.35. The molecule has 29 heavy (non-hydrogen) atoms. The third kappa shape index (κ3) is 4.32. The highest BCUT2D eigenvalue weighted by molar-refractivity contribution is 7.10. The second kappa shape index (κ2) is 8.42. The minimum Gasteiger partial charge on any atom is -0.468 e. The van der Waals surface area contributed by atoms with Crippen LogP contribution in [0, 0.1) is 12.8 Å². The number of ether oxygens (including phenoxy) is 1. The summed E-state index contributed by atoms with van der Waals surface area (Å²) in [6.45, 7) is 6.68. The lowest BCUT2D eigenvalue weighted by Crippen LogP contribution is -2.47. The molecule has 7 heteroatoms. The molecular formula is C22H29N3O3S. The highest BCUT2D eigenvalue weighted by Crippen LogP contribution is 2.36. The number of aryl methyl sites for hydroxylation is 1. The van der Waals surface area contributed by atoms with Crippen LogP contribution in [0.25, 0.3) is 0 Å². The van der Waals surface area contributed by atoms with Crippen molar-refractivity contribution in [1.82, 2.24) is 14.4 Å². The lowest BCUT2D eigenvalue weighted by Gasteiger charge is -2.43. The Kier molecular flexibility index (Phi) is 5.90. The Bertz CT molecular complexity index is 951. The summed E-state index contributed by atoms with van der Waals surface area (Å²) in [7, 11) is 3.21. The van der Waals surface area contributed by atoms with E-state index < -0.39 is 0 Å².